The van der Waals surface area contributed by atoms with Gasteiger partial charge in [0.1, 0.15) is 5.69 Å². The van der Waals surface area contributed by atoms with Crippen molar-refractivity contribution in [1.82, 2.24) is 14.8 Å². The molecule has 0 aromatic carbocycles. The summed E-state index contributed by atoms with van der Waals surface area (Å²) >= 11 is 1.26. The summed E-state index contributed by atoms with van der Waals surface area (Å²) < 4.78 is 1.62. The molecule has 1 N–H and O–H groups in total. The van der Waals surface area contributed by atoms with E-state index < -0.39 is 0 Å². The summed E-state index contributed by atoms with van der Waals surface area (Å²) in [7, 11) is 0. The molecule has 2 aromatic rings. The maximum atomic E-state index is 12.3. The Morgan fingerprint density at radius 3 is 2.95 bits per heavy atom. The van der Waals surface area contributed by atoms with E-state index in [1.54, 1.807) is 16.9 Å². The second kappa shape index (κ2) is 5.31. The van der Waals surface area contributed by atoms with Crippen LogP contribution in [0.2, 0.25) is 0 Å². The molecular weight excluding hydrogens is 300 g/mol. The lowest BCUT2D eigenvalue weighted by Gasteiger charge is -2.26. The molecule has 0 atom stereocenters. The Morgan fingerprint density at radius 1 is 1.45 bits per heavy atom. The van der Waals surface area contributed by atoms with Crippen LogP contribution in [0.15, 0.2) is 12.3 Å². The van der Waals surface area contributed by atoms with Crippen molar-refractivity contribution in [3.8, 4) is 0 Å². The zero-order chi connectivity index (χ0) is 15.9. The summed E-state index contributed by atoms with van der Waals surface area (Å²) in [5.74, 6) is -0.139. The van der Waals surface area contributed by atoms with Gasteiger partial charge in [-0.3, -0.25) is 19.6 Å². The van der Waals surface area contributed by atoms with E-state index in [9.17, 15) is 9.59 Å². The van der Waals surface area contributed by atoms with Gasteiger partial charge in [0.25, 0.3) is 5.91 Å². The van der Waals surface area contributed by atoms with E-state index in [2.05, 4.69) is 29.2 Å². The predicted molar refractivity (Wildman–Crippen MR) is 84.4 cm³/mol. The molecule has 0 spiro atoms. The van der Waals surface area contributed by atoms with E-state index in [0.717, 1.165) is 12.1 Å². The van der Waals surface area contributed by atoms with Crippen LogP contribution in [0.3, 0.4) is 0 Å². The zero-order valence-corrected chi connectivity index (χ0v) is 13.7. The number of aromatic nitrogens is 3. The van der Waals surface area contributed by atoms with Gasteiger partial charge in [-0.15, -0.1) is 0 Å². The van der Waals surface area contributed by atoms with Crippen LogP contribution in [-0.2, 0) is 13.0 Å². The number of rotatable bonds is 3. The Kier molecular flexibility index (Phi) is 3.60. The number of amides is 1. The number of nitrogens with one attached hydrogen (secondary N) is 1. The maximum absolute atomic E-state index is 12.3. The normalized spacial score (nSPS) is 16.4. The van der Waals surface area contributed by atoms with Gasteiger partial charge in [0, 0.05) is 19.2 Å². The Labute approximate surface area is 132 Å². The molecule has 7 heteroatoms. The third-order valence-electron chi connectivity index (χ3n) is 3.70. The minimum atomic E-state index is -0.253. The molecule has 0 bridgehead atoms. The number of carbonyl (C=O) groups excluding carboxylic acids is 2. The number of thiazole rings is 1. The Balaban J connectivity index is 1.83. The summed E-state index contributed by atoms with van der Waals surface area (Å²) in [6.07, 6.45) is 2.88. The van der Waals surface area contributed by atoms with Crippen LogP contribution >= 0.6 is 11.3 Å². The van der Waals surface area contributed by atoms with Crippen molar-refractivity contribution in [3.05, 3.63) is 28.5 Å². The minimum Gasteiger partial charge on any atom is -0.296 e. The fourth-order valence-corrected chi connectivity index (χ4v) is 3.63. The monoisotopic (exact) mass is 318 g/mol. The first kappa shape index (κ1) is 14.9. The van der Waals surface area contributed by atoms with Crippen LogP contribution in [0.5, 0.6) is 0 Å². The fourth-order valence-electron chi connectivity index (χ4n) is 2.71. The van der Waals surface area contributed by atoms with Crippen LogP contribution in [-0.4, -0.2) is 26.5 Å². The standard InChI is InChI=1S/C15H18N4O2S/c1-4-19-10(5-6-16-19)13(21)18-14-17-9-7-15(2,3)8-11(20)12(9)22-14/h5-6H,4,7-8H2,1-3H3,(H,17,18,21). The zero-order valence-electron chi connectivity index (χ0n) is 12.8. The van der Waals surface area contributed by atoms with E-state index in [4.69, 9.17) is 0 Å². The molecule has 0 fully saturated rings. The predicted octanol–water partition coefficient (Wildman–Crippen LogP) is 2.77. The van der Waals surface area contributed by atoms with Gasteiger partial charge in [-0.25, -0.2) is 4.98 Å². The molecule has 1 aliphatic rings. The van der Waals surface area contributed by atoms with Crippen molar-refractivity contribution in [2.75, 3.05) is 5.32 Å². The molecule has 0 unspecified atom stereocenters. The van der Waals surface area contributed by atoms with Gasteiger partial charge in [0.15, 0.2) is 10.9 Å². The summed E-state index contributed by atoms with van der Waals surface area (Å²) in [4.78, 5) is 29.6. The quantitative estimate of drug-likeness (QED) is 0.944. The fraction of sp³-hybridized carbons (Fsp3) is 0.467. The number of aryl methyl sites for hydroxylation is 1. The van der Waals surface area contributed by atoms with Gasteiger partial charge in [0.2, 0.25) is 0 Å². The van der Waals surface area contributed by atoms with E-state index >= 15 is 0 Å². The summed E-state index contributed by atoms with van der Waals surface area (Å²) in [5.41, 5.74) is 1.22. The van der Waals surface area contributed by atoms with E-state index in [-0.39, 0.29) is 17.1 Å². The summed E-state index contributed by atoms with van der Waals surface area (Å²) in [6, 6.07) is 1.67. The van der Waals surface area contributed by atoms with Gasteiger partial charge in [-0.05, 0) is 24.8 Å². The number of hydrogen-bond acceptors (Lipinski definition) is 5. The van der Waals surface area contributed by atoms with E-state index in [0.29, 0.717) is 28.7 Å². The summed E-state index contributed by atoms with van der Waals surface area (Å²) in [5, 5.41) is 7.33. The molecule has 6 nitrogen and oxygen atoms in total. The molecule has 116 valence electrons. The molecule has 0 saturated carbocycles. The largest absolute Gasteiger partial charge is 0.296 e. The molecule has 1 aliphatic carbocycles. The van der Waals surface area contributed by atoms with Crippen molar-refractivity contribution >= 4 is 28.2 Å². The molecule has 2 aromatic heterocycles. The van der Waals surface area contributed by atoms with Gasteiger partial charge in [-0.1, -0.05) is 25.2 Å². The third kappa shape index (κ3) is 2.68. The number of nitrogens with zero attached hydrogens (tertiary/aromatic N) is 3. The van der Waals surface area contributed by atoms with Gasteiger partial charge in [-0.2, -0.15) is 5.10 Å². The van der Waals surface area contributed by atoms with Crippen LogP contribution in [0, 0.1) is 5.41 Å². The number of Topliss-reactive ketones (excluding diaryl/α,β-unsaturated/α-hetero) is 1. The highest BCUT2D eigenvalue weighted by Gasteiger charge is 2.34. The Morgan fingerprint density at radius 2 is 2.23 bits per heavy atom. The van der Waals surface area contributed by atoms with Crippen molar-refractivity contribution in [2.24, 2.45) is 5.41 Å². The second-order valence-corrected chi connectivity index (χ2v) is 7.22. The highest BCUT2D eigenvalue weighted by molar-refractivity contribution is 7.17. The van der Waals surface area contributed by atoms with Crippen molar-refractivity contribution in [2.45, 2.75) is 40.2 Å². The van der Waals surface area contributed by atoms with Crippen molar-refractivity contribution < 1.29 is 9.59 Å². The van der Waals surface area contributed by atoms with E-state index in [1.807, 2.05) is 6.92 Å². The lowest BCUT2D eigenvalue weighted by Crippen LogP contribution is -2.26. The first-order chi connectivity index (χ1) is 10.4. The number of fused-ring (bicyclic) bond motifs is 1. The lowest BCUT2D eigenvalue weighted by atomic mass is 9.78. The molecule has 0 radical (unpaired) electrons. The van der Waals surface area contributed by atoms with E-state index in [1.165, 1.54) is 11.3 Å². The van der Waals surface area contributed by atoms with Gasteiger partial charge < -0.3 is 0 Å². The summed E-state index contributed by atoms with van der Waals surface area (Å²) in [6.45, 7) is 6.67. The number of anilines is 1. The molecule has 0 aliphatic heterocycles. The molecule has 1 amide bonds. The van der Waals surface area contributed by atoms with Crippen LogP contribution in [0.4, 0.5) is 5.13 Å². The second-order valence-electron chi connectivity index (χ2n) is 6.22. The molecule has 22 heavy (non-hydrogen) atoms. The molecular formula is C15H18N4O2S. The van der Waals surface area contributed by atoms with Crippen LogP contribution < -0.4 is 5.32 Å². The average Bonchev–Trinajstić information content (AvgIpc) is 3.03. The smallest absolute Gasteiger partial charge is 0.275 e. The number of ketones is 1. The molecule has 2 heterocycles. The third-order valence-corrected chi connectivity index (χ3v) is 4.76. The number of carbonyl (C=O) groups is 2. The van der Waals surface area contributed by atoms with Gasteiger partial charge in [0.05, 0.1) is 10.6 Å². The van der Waals surface area contributed by atoms with Crippen LogP contribution in [0.1, 0.15) is 53.0 Å². The number of hydrogen-bond donors (Lipinski definition) is 1. The topological polar surface area (TPSA) is 76.9 Å². The highest BCUT2D eigenvalue weighted by Crippen LogP contribution is 2.38. The average molecular weight is 318 g/mol. The minimum absolute atomic E-state index is 0.0692. The van der Waals surface area contributed by atoms with Crippen molar-refractivity contribution in [3.63, 3.8) is 0 Å². The first-order valence-corrected chi connectivity index (χ1v) is 8.07. The highest BCUT2D eigenvalue weighted by atomic mass is 32.1. The Hall–Kier alpha value is -2.02. The van der Waals surface area contributed by atoms with Crippen LogP contribution in [0.25, 0.3) is 0 Å². The maximum Gasteiger partial charge on any atom is 0.275 e. The first-order valence-electron chi connectivity index (χ1n) is 7.26. The van der Waals surface area contributed by atoms with Gasteiger partial charge >= 0.3 is 0 Å². The Bertz CT molecular complexity index is 745. The lowest BCUT2D eigenvalue weighted by molar-refractivity contribution is 0.0915. The van der Waals surface area contributed by atoms with Crippen molar-refractivity contribution in [1.29, 1.82) is 0 Å². The molecule has 0 saturated heterocycles. The molecule has 3 rings (SSSR count). The SMILES string of the molecule is CCn1nccc1C(=O)Nc1nc2c(s1)C(=O)CC(C)(C)C2.